The monoisotopic (exact) mass is 373 g/mol. The summed E-state index contributed by atoms with van der Waals surface area (Å²) in [5, 5.41) is 3.06. The highest BCUT2D eigenvalue weighted by molar-refractivity contribution is 6.34. The lowest BCUT2D eigenvalue weighted by atomic mass is 10.1. The highest BCUT2D eigenvalue weighted by Crippen LogP contribution is 2.23. The third-order valence-electron chi connectivity index (χ3n) is 3.93. The fourth-order valence-corrected chi connectivity index (χ4v) is 2.56. The third kappa shape index (κ3) is 5.07. The van der Waals surface area contributed by atoms with E-state index in [0.717, 1.165) is 5.56 Å². The molecule has 0 aliphatic heterocycles. The fourth-order valence-electron chi connectivity index (χ4n) is 2.36. The fraction of sp³-hybridized carbons (Fsp3) is 0.300. The number of hydrogen-bond acceptors (Lipinski definition) is 3. The molecule has 138 valence electrons. The Morgan fingerprint density at radius 2 is 1.81 bits per heavy atom. The Hall–Kier alpha value is -2.37. The molecule has 0 radical (unpaired) electrons. The van der Waals surface area contributed by atoms with Crippen molar-refractivity contribution in [2.75, 3.05) is 11.9 Å². The van der Waals surface area contributed by atoms with Gasteiger partial charge < -0.3 is 16.0 Å². The number of hydrogen-bond donors (Lipinski definition) is 2. The first-order valence-corrected chi connectivity index (χ1v) is 8.83. The summed E-state index contributed by atoms with van der Waals surface area (Å²) in [6.07, 6.45) is 0. The third-order valence-corrected chi connectivity index (χ3v) is 4.25. The second-order valence-corrected chi connectivity index (χ2v) is 7.08. The van der Waals surface area contributed by atoms with Crippen molar-refractivity contribution in [3.8, 4) is 0 Å². The summed E-state index contributed by atoms with van der Waals surface area (Å²) >= 11 is 6.24. The number of rotatable bonds is 6. The molecule has 2 aromatic rings. The number of benzene rings is 2. The second-order valence-electron chi connectivity index (χ2n) is 6.68. The highest BCUT2D eigenvalue weighted by Gasteiger charge is 2.23. The molecular formula is C20H24ClN3O2. The molecule has 6 heteroatoms. The molecule has 2 amide bonds. The molecule has 0 saturated carbocycles. The molecular weight excluding hydrogens is 350 g/mol. The number of amides is 2. The molecule has 0 aliphatic carbocycles. The van der Waals surface area contributed by atoms with Gasteiger partial charge in [-0.1, -0.05) is 41.9 Å². The summed E-state index contributed by atoms with van der Waals surface area (Å²) in [5.41, 5.74) is 6.64. The van der Waals surface area contributed by atoms with E-state index in [-0.39, 0.29) is 11.8 Å². The van der Waals surface area contributed by atoms with Crippen LogP contribution in [0.15, 0.2) is 48.5 Å². The van der Waals surface area contributed by atoms with Gasteiger partial charge in [-0.05, 0) is 44.5 Å². The molecule has 0 heterocycles. The van der Waals surface area contributed by atoms with Crippen LogP contribution in [0.4, 0.5) is 5.69 Å². The molecule has 0 fully saturated rings. The minimum absolute atomic E-state index is 0.190. The largest absolute Gasteiger partial charge is 0.335 e. The van der Waals surface area contributed by atoms with E-state index >= 15 is 0 Å². The lowest BCUT2D eigenvalue weighted by molar-refractivity contribution is -0.120. The number of carbonyl (C=O) groups excluding carboxylic acids is 2. The van der Waals surface area contributed by atoms with Gasteiger partial charge in [-0.15, -0.1) is 0 Å². The van der Waals surface area contributed by atoms with Crippen molar-refractivity contribution in [2.24, 2.45) is 5.73 Å². The van der Waals surface area contributed by atoms with Crippen molar-refractivity contribution in [2.45, 2.75) is 32.9 Å². The van der Waals surface area contributed by atoms with Crippen LogP contribution in [0.5, 0.6) is 0 Å². The standard InChI is InChI=1S/C20H24ClN3O2/c1-4-24(13-14-8-6-5-7-9-14)18(25)16-12-15(10-11-17(16)21)23-19(26)20(2,3)22/h5-12H,4,13,22H2,1-3H3,(H,23,26). The van der Waals surface area contributed by atoms with Crippen molar-refractivity contribution < 1.29 is 9.59 Å². The lowest BCUT2D eigenvalue weighted by Gasteiger charge is -2.22. The van der Waals surface area contributed by atoms with Gasteiger partial charge in [0.1, 0.15) is 0 Å². The molecule has 0 aliphatic rings. The van der Waals surface area contributed by atoms with E-state index in [1.807, 2.05) is 37.3 Å². The molecule has 5 nitrogen and oxygen atoms in total. The van der Waals surface area contributed by atoms with Crippen LogP contribution in [0.1, 0.15) is 36.7 Å². The van der Waals surface area contributed by atoms with E-state index in [1.54, 1.807) is 36.9 Å². The zero-order valence-corrected chi connectivity index (χ0v) is 16.0. The molecule has 0 atom stereocenters. The van der Waals surface area contributed by atoms with Gasteiger partial charge in [0.25, 0.3) is 5.91 Å². The van der Waals surface area contributed by atoms with Crippen LogP contribution in [-0.2, 0) is 11.3 Å². The first-order chi connectivity index (χ1) is 12.2. The second kappa shape index (κ2) is 8.34. The topological polar surface area (TPSA) is 75.4 Å². The number of carbonyl (C=O) groups is 2. The van der Waals surface area contributed by atoms with E-state index in [9.17, 15) is 9.59 Å². The van der Waals surface area contributed by atoms with Crippen molar-refractivity contribution in [1.29, 1.82) is 0 Å². The van der Waals surface area contributed by atoms with E-state index in [0.29, 0.717) is 29.4 Å². The van der Waals surface area contributed by atoms with Gasteiger partial charge in [-0.2, -0.15) is 0 Å². The predicted molar refractivity (Wildman–Crippen MR) is 105 cm³/mol. The quantitative estimate of drug-likeness (QED) is 0.811. The first-order valence-electron chi connectivity index (χ1n) is 8.45. The van der Waals surface area contributed by atoms with Crippen molar-refractivity contribution in [3.63, 3.8) is 0 Å². The van der Waals surface area contributed by atoms with Gasteiger partial charge in [0.05, 0.1) is 16.1 Å². The first kappa shape index (κ1) is 19.9. The van der Waals surface area contributed by atoms with Crippen molar-refractivity contribution in [3.05, 3.63) is 64.7 Å². The van der Waals surface area contributed by atoms with Gasteiger partial charge in [0, 0.05) is 18.8 Å². The maximum absolute atomic E-state index is 12.9. The van der Waals surface area contributed by atoms with Crippen LogP contribution >= 0.6 is 11.6 Å². The minimum atomic E-state index is -1.02. The maximum atomic E-state index is 12.9. The number of anilines is 1. The Labute approximate surface area is 159 Å². The summed E-state index contributed by atoms with van der Waals surface area (Å²) in [7, 11) is 0. The van der Waals surface area contributed by atoms with Gasteiger partial charge >= 0.3 is 0 Å². The van der Waals surface area contributed by atoms with Crippen LogP contribution in [0.2, 0.25) is 5.02 Å². The number of nitrogens with one attached hydrogen (secondary N) is 1. The maximum Gasteiger partial charge on any atom is 0.255 e. The normalized spacial score (nSPS) is 11.1. The van der Waals surface area contributed by atoms with Crippen molar-refractivity contribution >= 4 is 29.1 Å². The highest BCUT2D eigenvalue weighted by atomic mass is 35.5. The molecule has 2 rings (SSSR count). The summed E-state index contributed by atoms with van der Waals surface area (Å²) in [5.74, 6) is -0.528. The molecule has 0 bridgehead atoms. The minimum Gasteiger partial charge on any atom is -0.335 e. The molecule has 0 aromatic heterocycles. The average molecular weight is 374 g/mol. The average Bonchev–Trinajstić information content (AvgIpc) is 2.60. The Morgan fingerprint density at radius 3 is 2.38 bits per heavy atom. The molecule has 0 unspecified atom stereocenters. The van der Waals surface area contributed by atoms with Crippen LogP contribution < -0.4 is 11.1 Å². The van der Waals surface area contributed by atoms with Crippen molar-refractivity contribution in [1.82, 2.24) is 4.90 Å². The predicted octanol–water partition coefficient (Wildman–Crippen LogP) is 3.68. The van der Waals surface area contributed by atoms with Gasteiger partial charge in [-0.25, -0.2) is 0 Å². The van der Waals surface area contributed by atoms with E-state index < -0.39 is 5.54 Å². The summed E-state index contributed by atoms with van der Waals surface area (Å²) < 4.78 is 0. The van der Waals surface area contributed by atoms with Crippen LogP contribution in [0.3, 0.4) is 0 Å². The molecule has 26 heavy (non-hydrogen) atoms. The number of halogens is 1. The van der Waals surface area contributed by atoms with Gasteiger partial charge in [-0.3, -0.25) is 9.59 Å². The summed E-state index contributed by atoms with van der Waals surface area (Å²) in [4.78, 5) is 26.7. The molecule has 2 aromatic carbocycles. The Morgan fingerprint density at radius 1 is 1.15 bits per heavy atom. The van der Waals surface area contributed by atoms with Crippen LogP contribution in [-0.4, -0.2) is 28.8 Å². The Balaban J connectivity index is 2.23. The van der Waals surface area contributed by atoms with E-state index in [2.05, 4.69) is 5.32 Å². The van der Waals surface area contributed by atoms with Gasteiger partial charge in [0.15, 0.2) is 0 Å². The number of nitrogens with zero attached hydrogens (tertiary/aromatic N) is 1. The van der Waals surface area contributed by atoms with Crippen LogP contribution in [0.25, 0.3) is 0 Å². The van der Waals surface area contributed by atoms with Gasteiger partial charge in [0.2, 0.25) is 5.91 Å². The van der Waals surface area contributed by atoms with E-state index in [4.69, 9.17) is 17.3 Å². The van der Waals surface area contributed by atoms with E-state index in [1.165, 1.54) is 0 Å². The lowest BCUT2D eigenvalue weighted by Crippen LogP contribution is -2.45. The van der Waals surface area contributed by atoms with Crippen LogP contribution in [0, 0.1) is 0 Å². The zero-order chi connectivity index (χ0) is 19.3. The molecule has 0 saturated heterocycles. The number of nitrogens with two attached hydrogens (primary N) is 1. The smallest absolute Gasteiger partial charge is 0.255 e. The SMILES string of the molecule is CCN(Cc1ccccc1)C(=O)c1cc(NC(=O)C(C)(C)N)ccc1Cl. The summed E-state index contributed by atoms with van der Waals surface area (Å²) in [6.45, 7) is 6.17. The summed E-state index contributed by atoms with van der Waals surface area (Å²) in [6, 6.07) is 14.6. The Kier molecular flexibility index (Phi) is 6.40. The Bertz CT molecular complexity index is 785. The molecule has 3 N–H and O–H groups in total. The zero-order valence-electron chi connectivity index (χ0n) is 15.3. The molecule has 0 spiro atoms.